The average Bonchev–Trinajstić information content (AvgIpc) is 3.69. The number of nitrogens with one attached hydrogen (secondary N) is 1. The molecule has 2 bridgehead atoms. The predicted molar refractivity (Wildman–Crippen MR) is 145 cm³/mol. The highest BCUT2D eigenvalue weighted by Crippen LogP contribution is 2.68. The number of fused-ring (bicyclic) bond motifs is 9. The van der Waals surface area contributed by atoms with Crippen LogP contribution in [-0.2, 0) is 14.4 Å². The smallest absolute Gasteiger partial charge is 0.305 e. The van der Waals surface area contributed by atoms with Crippen LogP contribution in [0.15, 0.2) is 28.0 Å². The van der Waals surface area contributed by atoms with Gasteiger partial charge in [0.05, 0.1) is 31.1 Å². The first-order valence-electron chi connectivity index (χ1n) is 13.7. The van der Waals surface area contributed by atoms with Gasteiger partial charge in [0.2, 0.25) is 17.7 Å². The Bertz CT molecular complexity index is 1410. The van der Waals surface area contributed by atoms with Gasteiger partial charge >= 0.3 is 4.87 Å². The molecule has 1 aromatic heterocycles. The largest absolute Gasteiger partial charge is 0.493 e. The van der Waals surface area contributed by atoms with Crippen molar-refractivity contribution in [3.05, 3.63) is 38.3 Å². The molecule has 39 heavy (non-hydrogen) atoms. The molecule has 2 aliphatic carbocycles. The van der Waals surface area contributed by atoms with Crippen molar-refractivity contribution in [3.63, 3.8) is 0 Å². The van der Waals surface area contributed by atoms with E-state index < -0.39 is 5.92 Å². The Balaban J connectivity index is 1.23. The molecule has 1 aromatic carbocycles. The van der Waals surface area contributed by atoms with Crippen LogP contribution < -0.4 is 14.3 Å². The number of likely N-dealkylation sites (tertiary alicyclic amines) is 2. The number of methoxy groups -OCH3 is 2. The lowest BCUT2D eigenvalue weighted by Crippen LogP contribution is -2.45. The third kappa shape index (κ3) is 3.72. The Hall–Kier alpha value is -2.79. The molecule has 4 heterocycles. The van der Waals surface area contributed by atoms with E-state index in [1.807, 2.05) is 18.2 Å². The quantitative estimate of drug-likeness (QED) is 0.552. The molecule has 4 fully saturated rings. The fourth-order valence-electron chi connectivity index (χ4n) is 8.03. The number of aromatic amines is 1. The fraction of sp³-hybridized carbons (Fsp3) is 0.571. The summed E-state index contributed by atoms with van der Waals surface area (Å²) in [5.74, 6) is -0.0208. The molecule has 7 rings (SSSR count). The van der Waals surface area contributed by atoms with Gasteiger partial charge in [0.1, 0.15) is 6.54 Å². The van der Waals surface area contributed by atoms with Crippen LogP contribution >= 0.6 is 23.1 Å². The van der Waals surface area contributed by atoms with Crippen molar-refractivity contribution in [2.45, 2.75) is 41.9 Å². The lowest BCUT2D eigenvalue weighted by atomic mass is 9.68. The van der Waals surface area contributed by atoms with Gasteiger partial charge in [-0.3, -0.25) is 24.1 Å². The SMILES string of the molecule is COc1ccc([C@H]2c3sc(=O)[nH]c3SC3C4CC(C5C(=O)N(CC(=O)N6CCCCC6)C(=O)C45)C32)cc1OC. The van der Waals surface area contributed by atoms with Gasteiger partial charge < -0.3 is 19.4 Å². The normalized spacial score (nSPS) is 32.7. The maximum Gasteiger partial charge on any atom is 0.305 e. The standard InChI is InChI=1S/C28H31N3O6S2/c1-36-16-7-6-13(10-17(16)37-2)19-20-14-11-15(23(20)38-25-24(19)39-28(35)29-25)22-21(14)26(33)31(27(22)34)12-18(32)30-8-4-3-5-9-30/h6-7,10,14-15,19-23H,3-5,8-9,11-12H2,1-2H3,(H,29,35)/t14?,15?,19-,20?,21?,22?,23?/m1/s1. The van der Waals surface area contributed by atoms with E-state index in [4.69, 9.17) is 9.47 Å². The number of amides is 3. The fourth-order valence-corrected chi connectivity index (χ4v) is 10.9. The summed E-state index contributed by atoms with van der Waals surface area (Å²) in [5.41, 5.74) is 1.01. The number of nitrogens with zero attached hydrogens (tertiary/aromatic N) is 2. The van der Waals surface area contributed by atoms with Crippen LogP contribution in [0.25, 0.3) is 0 Å². The van der Waals surface area contributed by atoms with Crippen molar-refractivity contribution in [1.29, 1.82) is 0 Å². The molecule has 1 N–H and O–H groups in total. The van der Waals surface area contributed by atoms with Crippen LogP contribution in [0, 0.1) is 29.6 Å². The number of thiazole rings is 1. The van der Waals surface area contributed by atoms with Crippen LogP contribution in [0.5, 0.6) is 11.5 Å². The summed E-state index contributed by atoms with van der Waals surface area (Å²) in [6.45, 7) is 1.25. The number of piperidine rings is 1. The van der Waals surface area contributed by atoms with E-state index >= 15 is 0 Å². The summed E-state index contributed by atoms with van der Waals surface area (Å²) in [6.07, 6.45) is 3.85. The van der Waals surface area contributed by atoms with Gasteiger partial charge in [0.25, 0.3) is 0 Å². The molecule has 7 atom stereocenters. The molecule has 3 aliphatic heterocycles. The lowest BCUT2D eigenvalue weighted by Gasteiger charge is -2.43. The Morgan fingerprint density at radius 1 is 1.00 bits per heavy atom. The van der Waals surface area contributed by atoms with E-state index in [9.17, 15) is 19.2 Å². The first-order valence-corrected chi connectivity index (χ1v) is 15.4. The molecule has 11 heteroatoms. The topological polar surface area (TPSA) is 109 Å². The predicted octanol–water partition coefficient (Wildman–Crippen LogP) is 2.94. The van der Waals surface area contributed by atoms with E-state index in [-0.39, 0.29) is 64.0 Å². The van der Waals surface area contributed by atoms with Crippen LogP contribution in [0.1, 0.15) is 42.0 Å². The minimum Gasteiger partial charge on any atom is -0.493 e. The Labute approximate surface area is 234 Å². The molecule has 5 aliphatic rings. The maximum absolute atomic E-state index is 13.8. The van der Waals surface area contributed by atoms with Crippen molar-refractivity contribution in [2.24, 2.45) is 29.6 Å². The molecule has 2 saturated carbocycles. The number of H-pyrrole nitrogens is 1. The minimum atomic E-state index is -0.404. The second-order valence-corrected chi connectivity index (χ2v) is 13.5. The van der Waals surface area contributed by atoms with Gasteiger partial charge in [-0.25, -0.2) is 0 Å². The van der Waals surface area contributed by atoms with Crippen molar-refractivity contribution in [2.75, 3.05) is 33.9 Å². The number of hydrogen-bond donors (Lipinski definition) is 1. The molecule has 2 saturated heterocycles. The van der Waals surface area contributed by atoms with Gasteiger partial charge in [0, 0.05) is 29.1 Å². The molecule has 0 radical (unpaired) electrons. The summed E-state index contributed by atoms with van der Waals surface area (Å²) in [6, 6.07) is 5.87. The number of benzene rings is 1. The number of hydrogen-bond acceptors (Lipinski definition) is 8. The number of ether oxygens (including phenoxy) is 2. The zero-order chi connectivity index (χ0) is 27.0. The Kier molecular flexibility index (Phi) is 6.07. The summed E-state index contributed by atoms with van der Waals surface area (Å²) in [5, 5.41) is 0.964. The highest BCUT2D eigenvalue weighted by atomic mass is 32.2. The van der Waals surface area contributed by atoms with Crippen LogP contribution in [0.4, 0.5) is 0 Å². The monoisotopic (exact) mass is 569 g/mol. The number of imide groups is 1. The number of rotatable bonds is 5. The molecule has 3 amide bonds. The highest BCUT2D eigenvalue weighted by molar-refractivity contribution is 8.00. The first kappa shape index (κ1) is 25.2. The van der Waals surface area contributed by atoms with Crippen molar-refractivity contribution in [1.82, 2.24) is 14.8 Å². The molecular formula is C28H31N3O6S2. The van der Waals surface area contributed by atoms with E-state index in [1.165, 1.54) is 16.2 Å². The van der Waals surface area contributed by atoms with E-state index in [0.717, 1.165) is 41.1 Å². The Morgan fingerprint density at radius 3 is 2.44 bits per heavy atom. The summed E-state index contributed by atoms with van der Waals surface area (Å²) in [7, 11) is 3.20. The van der Waals surface area contributed by atoms with Gasteiger partial charge in [0.15, 0.2) is 11.5 Å². The number of thioether (sulfide) groups is 1. The van der Waals surface area contributed by atoms with Crippen LogP contribution in [0.2, 0.25) is 0 Å². The molecular weight excluding hydrogens is 538 g/mol. The van der Waals surface area contributed by atoms with E-state index in [1.54, 1.807) is 30.9 Å². The van der Waals surface area contributed by atoms with E-state index in [2.05, 4.69) is 4.98 Å². The molecule has 9 nitrogen and oxygen atoms in total. The van der Waals surface area contributed by atoms with Crippen molar-refractivity contribution in [3.8, 4) is 11.5 Å². The maximum atomic E-state index is 13.8. The van der Waals surface area contributed by atoms with Crippen molar-refractivity contribution >= 4 is 40.8 Å². The summed E-state index contributed by atoms with van der Waals surface area (Å²) >= 11 is 2.89. The number of carbonyl (C=O) groups is 3. The number of carbonyl (C=O) groups excluding carboxylic acids is 3. The second kappa shape index (κ2) is 9.40. The first-order chi connectivity index (χ1) is 18.9. The summed E-state index contributed by atoms with van der Waals surface area (Å²) in [4.78, 5) is 59.9. The molecule has 206 valence electrons. The van der Waals surface area contributed by atoms with Gasteiger partial charge in [-0.2, -0.15) is 0 Å². The lowest BCUT2D eigenvalue weighted by molar-refractivity contribution is -0.147. The van der Waals surface area contributed by atoms with Gasteiger partial charge in [-0.1, -0.05) is 17.4 Å². The van der Waals surface area contributed by atoms with Gasteiger partial charge in [-0.15, -0.1) is 11.8 Å². The number of aromatic nitrogens is 1. The average molecular weight is 570 g/mol. The third-order valence-corrected chi connectivity index (χ3v) is 12.2. The minimum absolute atomic E-state index is 0.00693. The zero-order valence-electron chi connectivity index (χ0n) is 21.9. The third-order valence-electron chi connectivity index (χ3n) is 9.58. The summed E-state index contributed by atoms with van der Waals surface area (Å²) < 4.78 is 11.1. The van der Waals surface area contributed by atoms with Crippen LogP contribution in [0.3, 0.4) is 0 Å². The second-order valence-electron chi connectivity index (χ2n) is 11.3. The molecule has 2 aromatic rings. The van der Waals surface area contributed by atoms with E-state index in [0.29, 0.717) is 24.6 Å². The Morgan fingerprint density at radius 2 is 1.72 bits per heavy atom. The van der Waals surface area contributed by atoms with Crippen LogP contribution in [-0.4, -0.2) is 71.6 Å². The highest BCUT2D eigenvalue weighted by Gasteiger charge is 2.69. The van der Waals surface area contributed by atoms with Crippen molar-refractivity contribution < 1.29 is 23.9 Å². The molecule has 6 unspecified atom stereocenters. The van der Waals surface area contributed by atoms with Gasteiger partial charge in [-0.05, 0) is 61.1 Å². The zero-order valence-corrected chi connectivity index (χ0v) is 23.5. The molecule has 0 spiro atoms.